The van der Waals surface area contributed by atoms with Crippen molar-refractivity contribution in [2.24, 2.45) is 0 Å². The molecule has 0 aliphatic heterocycles. The van der Waals surface area contributed by atoms with Crippen molar-refractivity contribution in [3.05, 3.63) is 29.8 Å². The molecule has 6 nitrogen and oxygen atoms in total. The molecule has 2 rings (SSSR count). The van der Waals surface area contributed by atoms with Crippen LogP contribution in [-0.4, -0.2) is 36.3 Å². The van der Waals surface area contributed by atoms with Crippen LogP contribution in [0.5, 0.6) is 0 Å². The molecule has 0 heterocycles. The maximum absolute atomic E-state index is 13.1. The van der Waals surface area contributed by atoms with Gasteiger partial charge in [-0.3, -0.25) is 14.9 Å². The number of amides is 3. The number of rotatable bonds is 7. The van der Waals surface area contributed by atoms with Gasteiger partial charge in [0, 0.05) is 16.7 Å². The first kappa shape index (κ1) is 21.1. The van der Waals surface area contributed by atoms with Crippen LogP contribution in [0.2, 0.25) is 0 Å². The number of carbonyl (C=O) groups excluding carboxylic acids is 3. The maximum Gasteiger partial charge on any atom is 0.321 e. The van der Waals surface area contributed by atoms with Crippen LogP contribution in [0.15, 0.2) is 23.1 Å². The van der Waals surface area contributed by atoms with Gasteiger partial charge in [-0.15, -0.1) is 11.8 Å². The summed E-state index contributed by atoms with van der Waals surface area (Å²) in [6, 6.07) is 2.95. The highest BCUT2D eigenvalue weighted by Crippen LogP contribution is 2.21. The van der Waals surface area contributed by atoms with Gasteiger partial charge in [0.05, 0.1) is 6.42 Å². The smallest absolute Gasteiger partial charge is 0.321 e. The van der Waals surface area contributed by atoms with Crippen LogP contribution in [-0.2, 0) is 14.3 Å². The van der Waals surface area contributed by atoms with Gasteiger partial charge < -0.3 is 10.1 Å². The first-order valence-electron chi connectivity index (χ1n) is 8.78. The van der Waals surface area contributed by atoms with Crippen molar-refractivity contribution < 1.29 is 27.9 Å². The molecule has 0 radical (unpaired) electrons. The molecule has 0 saturated heterocycles. The number of halogens is 2. The molecule has 27 heavy (non-hydrogen) atoms. The summed E-state index contributed by atoms with van der Waals surface area (Å²) in [4.78, 5) is 35.4. The van der Waals surface area contributed by atoms with E-state index in [9.17, 15) is 23.2 Å². The molecular formula is C18H22F2N2O4S. The van der Waals surface area contributed by atoms with Crippen molar-refractivity contribution in [1.82, 2.24) is 10.6 Å². The summed E-state index contributed by atoms with van der Waals surface area (Å²) in [6.07, 6.45) is 5.05. The second kappa shape index (κ2) is 10.9. The molecule has 148 valence electrons. The molecule has 0 aromatic heterocycles. The lowest BCUT2D eigenvalue weighted by atomic mass is 9.96. The predicted octanol–water partition coefficient (Wildman–Crippen LogP) is 3.15. The second-order valence-electron chi connectivity index (χ2n) is 6.19. The van der Waals surface area contributed by atoms with Crippen molar-refractivity contribution >= 4 is 29.7 Å². The van der Waals surface area contributed by atoms with E-state index in [0.717, 1.165) is 56.0 Å². The Morgan fingerprint density at radius 2 is 1.85 bits per heavy atom. The van der Waals surface area contributed by atoms with Crippen LogP contribution in [0.3, 0.4) is 0 Å². The fraction of sp³-hybridized carbons (Fsp3) is 0.500. The van der Waals surface area contributed by atoms with E-state index in [1.165, 1.54) is 6.07 Å². The quantitative estimate of drug-likeness (QED) is 0.543. The Labute approximate surface area is 160 Å². The summed E-state index contributed by atoms with van der Waals surface area (Å²) in [5, 5.41) is 4.85. The topological polar surface area (TPSA) is 84.5 Å². The molecule has 0 atom stereocenters. The van der Waals surface area contributed by atoms with Gasteiger partial charge in [0.1, 0.15) is 0 Å². The van der Waals surface area contributed by atoms with Crippen LogP contribution < -0.4 is 10.6 Å². The van der Waals surface area contributed by atoms with Gasteiger partial charge in [-0.1, -0.05) is 19.3 Å². The zero-order valence-corrected chi connectivity index (χ0v) is 15.6. The number of thioether (sulfide) groups is 1. The van der Waals surface area contributed by atoms with E-state index in [4.69, 9.17) is 4.74 Å². The van der Waals surface area contributed by atoms with E-state index in [-0.39, 0.29) is 18.2 Å². The molecule has 0 spiro atoms. The largest absolute Gasteiger partial charge is 0.456 e. The minimum Gasteiger partial charge on any atom is -0.456 e. The predicted molar refractivity (Wildman–Crippen MR) is 96.2 cm³/mol. The summed E-state index contributed by atoms with van der Waals surface area (Å²) in [5.41, 5.74) is 0. The molecule has 9 heteroatoms. The molecule has 1 aromatic rings. The summed E-state index contributed by atoms with van der Waals surface area (Å²) in [6.45, 7) is -0.549. The van der Waals surface area contributed by atoms with Crippen LogP contribution >= 0.6 is 11.8 Å². The third-order valence-electron chi connectivity index (χ3n) is 4.02. The first-order chi connectivity index (χ1) is 12.9. The fourth-order valence-corrected chi connectivity index (χ4v) is 3.52. The minimum absolute atomic E-state index is 0.00872. The molecule has 1 aromatic carbocycles. The number of esters is 1. The Hall–Kier alpha value is -2.16. The first-order valence-corrected chi connectivity index (χ1v) is 9.76. The summed E-state index contributed by atoms with van der Waals surface area (Å²) >= 11 is 1.16. The van der Waals surface area contributed by atoms with Gasteiger partial charge in [0.2, 0.25) is 0 Å². The van der Waals surface area contributed by atoms with Crippen LogP contribution in [0.1, 0.15) is 38.5 Å². The van der Waals surface area contributed by atoms with Gasteiger partial charge in [-0.05, 0) is 31.0 Å². The monoisotopic (exact) mass is 400 g/mol. The Balaban J connectivity index is 1.59. The number of hydrogen-bond donors (Lipinski definition) is 2. The van der Waals surface area contributed by atoms with E-state index >= 15 is 0 Å². The van der Waals surface area contributed by atoms with E-state index < -0.39 is 36.1 Å². The molecule has 0 bridgehead atoms. The summed E-state index contributed by atoms with van der Waals surface area (Å²) in [5.74, 6) is -2.92. The minimum atomic E-state index is -0.953. The normalized spacial score (nSPS) is 14.4. The molecule has 1 saturated carbocycles. The molecule has 1 fully saturated rings. The highest BCUT2D eigenvalue weighted by Gasteiger charge is 2.17. The molecule has 0 unspecified atom stereocenters. The van der Waals surface area contributed by atoms with Crippen LogP contribution in [0.4, 0.5) is 13.6 Å². The summed E-state index contributed by atoms with van der Waals surface area (Å²) in [7, 11) is 0. The van der Waals surface area contributed by atoms with E-state index in [0.29, 0.717) is 4.90 Å². The SMILES string of the molecule is O=C(COC(=O)CCSc1ccc(F)c(F)c1)NC(=O)NC1CCCCC1. The zero-order valence-electron chi connectivity index (χ0n) is 14.8. The Morgan fingerprint density at radius 1 is 1.11 bits per heavy atom. The molecule has 1 aliphatic carbocycles. The zero-order chi connectivity index (χ0) is 19.6. The molecular weight excluding hydrogens is 378 g/mol. The van der Waals surface area contributed by atoms with Crippen LogP contribution in [0, 0.1) is 11.6 Å². The third-order valence-corrected chi connectivity index (χ3v) is 5.02. The van der Waals surface area contributed by atoms with Crippen molar-refractivity contribution in [2.45, 2.75) is 49.5 Å². The third kappa shape index (κ3) is 7.94. The highest BCUT2D eigenvalue weighted by molar-refractivity contribution is 7.99. The Kier molecular flexibility index (Phi) is 8.50. The van der Waals surface area contributed by atoms with Gasteiger partial charge in [0.25, 0.3) is 5.91 Å². The molecule has 2 N–H and O–H groups in total. The lowest BCUT2D eigenvalue weighted by Crippen LogP contribution is -2.46. The number of benzene rings is 1. The van der Waals surface area contributed by atoms with Crippen molar-refractivity contribution in [3.8, 4) is 0 Å². The number of carbonyl (C=O) groups is 3. The average Bonchev–Trinajstić information content (AvgIpc) is 2.63. The average molecular weight is 400 g/mol. The lowest BCUT2D eigenvalue weighted by molar-refractivity contribution is -0.147. The van der Waals surface area contributed by atoms with Crippen LogP contribution in [0.25, 0.3) is 0 Å². The highest BCUT2D eigenvalue weighted by atomic mass is 32.2. The summed E-state index contributed by atoms with van der Waals surface area (Å²) < 4.78 is 30.7. The number of urea groups is 1. The van der Waals surface area contributed by atoms with E-state index in [2.05, 4.69) is 10.6 Å². The Morgan fingerprint density at radius 3 is 2.56 bits per heavy atom. The van der Waals surface area contributed by atoms with E-state index in [1.54, 1.807) is 0 Å². The lowest BCUT2D eigenvalue weighted by Gasteiger charge is -2.22. The van der Waals surface area contributed by atoms with Crippen molar-refractivity contribution in [2.75, 3.05) is 12.4 Å². The van der Waals surface area contributed by atoms with Gasteiger partial charge in [-0.25, -0.2) is 13.6 Å². The van der Waals surface area contributed by atoms with E-state index in [1.807, 2.05) is 0 Å². The van der Waals surface area contributed by atoms with Gasteiger partial charge in [0.15, 0.2) is 18.2 Å². The standard InChI is InChI=1S/C18H22F2N2O4S/c19-14-7-6-13(10-15(14)20)27-9-8-17(24)26-11-16(23)22-18(25)21-12-4-2-1-3-5-12/h6-7,10,12H,1-5,8-9,11H2,(H2,21,22,23,25). The molecule has 3 amide bonds. The van der Waals surface area contributed by atoms with Gasteiger partial charge in [-0.2, -0.15) is 0 Å². The maximum atomic E-state index is 13.1. The number of nitrogens with one attached hydrogen (secondary N) is 2. The van der Waals surface area contributed by atoms with Gasteiger partial charge >= 0.3 is 12.0 Å². The van der Waals surface area contributed by atoms with Crippen molar-refractivity contribution in [3.63, 3.8) is 0 Å². The number of ether oxygens (including phenoxy) is 1. The number of hydrogen-bond acceptors (Lipinski definition) is 5. The Bertz CT molecular complexity index is 681. The molecule has 1 aliphatic rings. The fourth-order valence-electron chi connectivity index (χ4n) is 2.67. The van der Waals surface area contributed by atoms with Crippen molar-refractivity contribution in [1.29, 1.82) is 0 Å². The second-order valence-corrected chi connectivity index (χ2v) is 7.36. The number of imide groups is 1.